The Labute approximate surface area is 235 Å². The highest BCUT2D eigenvalue weighted by Gasteiger charge is 2.22. The van der Waals surface area contributed by atoms with Crippen molar-refractivity contribution in [1.82, 2.24) is 9.97 Å². The molecule has 0 spiro atoms. The first-order valence-corrected chi connectivity index (χ1v) is 13.3. The Morgan fingerprint density at radius 3 is 2.27 bits per heavy atom. The zero-order chi connectivity index (χ0) is 28.2. The number of hydrogen-bond donors (Lipinski definition) is 2. The summed E-state index contributed by atoms with van der Waals surface area (Å²) in [4.78, 5) is 22.9. The van der Waals surface area contributed by atoms with Gasteiger partial charge in [-0.15, -0.1) is 0 Å². The number of fused-ring (bicyclic) bond motifs is 1. The number of carbonyl (C=O) groups is 1. The number of Topliss-reactive ketones (excluding diaryl/α,β-unsaturated/α-hetero) is 1. The van der Waals surface area contributed by atoms with E-state index in [2.05, 4.69) is 11.1 Å². The van der Waals surface area contributed by atoms with E-state index in [1.54, 1.807) is 38.5 Å². The lowest BCUT2D eigenvalue weighted by Gasteiger charge is -2.15. The number of ketones is 1. The SMILES string of the molecule is COc1ccc(-c2c(N)c(N)nc(SCC(=O)c3cc4cc(OC)ccc4nc3-c3ccccc3)c2C#N)cc1. The first-order valence-electron chi connectivity index (χ1n) is 12.3. The highest BCUT2D eigenvalue weighted by Crippen LogP contribution is 2.38. The van der Waals surface area contributed by atoms with Gasteiger partial charge in [-0.3, -0.25) is 4.79 Å². The third-order valence-corrected chi connectivity index (χ3v) is 7.41. The van der Waals surface area contributed by atoms with Crippen molar-refractivity contribution in [3.63, 3.8) is 0 Å². The van der Waals surface area contributed by atoms with Gasteiger partial charge in [0, 0.05) is 22.1 Å². The molecule has 0 aliphatic heterocycles. The first kappa shape index (κ1) is 26.5. The average Bonchev–Trinajstić information content (AvgIpc) is 3.00. The van der Waals surface area contributed by atoms with Crippen LogP contribution < -0.4 is 20.9 Å². The highest BCUT2D eigenvalue weighted by molar-refractivity contribution is 8.00. The molecule has 2 aromatic heterocycles. The molecule has 0 fully saturated rings. The number of pyridine rings is 2. The number of ether oxygens (including phenoxy) is 2. The number of carbonyl (C=O) groups excluding carboxylic acids is 1. The number of aromatic nitrogens is 2. The van der Waals surface area contributed by atoms with Crippen molar-refractivity contribution in [2.45, 2.75) is 5.03 Å². The molecule has 0 atom stereocenters. The predicted octanol–water partition coefficient (Wildman–Crippen LogP) is 5.99. The Hall–Kier alpha value is -5.07. The molecule has 0 amide bonds. The van der Waals surface area contributed by atoms with E-state index < -0.39 is 0 Å². The van der Waals surface area contributed by atoms with Crippen LogP contribution in [0.15, 0.2) is 83.9 Å². The number of nitrogens with zero attached hydrogens (tertiary/aromatic N) is 3. The summed E-state index contributed by atoms with van der Waals surface area (Å²) in [7, 11) is 3.17. The molecule has 0 saturated heterocycles. The van der Waals surface area contributed by atoms with E-state index in [4.69, 9.17) is 25.9 Å². The summed E-state index contributed by atoms with van der Waals surface area (Å²) in [5, 5.41) is 11.2. The summed E-state index contributed by atoms with van der Waals surface area (Å²) in [6.07, 6.45) is 0. The number of rotatable bonds is 8. The maximum absolute atomic E-state index is 13.7. The summed E-state index contributed by atoms with van der Waals surface area (Å²) >= 11 is 1.14. The minimum absolute atomic E-state index is 0.00405. The molecule has 2 heterocycles. The van der Waals surface area contributed by atoms with Gasteiger partial charge < -0.3 is 20.9 Å². The summed E-state index contributed by atoms with van der Waals surface area (Å²) in [6, 6.07) is 26.3. The van der Waals surface area contributed by atoms with Gasteiger partial charge in [0.05, 0.1) is 42.4 Å². The Kier molecular flexibility index (Phi) is 7.53. The minimum Gasteiger partial charge on any atom is -0.497 e. The van der Waals surface area contributed by atoms with E-state index in [0.29, 0.717) is 38.9 Å². The van der Waals surface area contributed by atoms with Crippen LogP contribution >= 0.6 is 11.8 Å². The zero-order valence-corrected chi connectivity index (χ0v) is 22.7. The molecule has 0 bridgehead atoms. The molecule has 5 rings (SSSR count). The second-order valence-electron chi connectivity index (χ2n) is 8.83. The normalized spacial score (nSPS) is 10.7. The van der Waals surface area contributed by atoms with Crippen LogP contribution in [0.5, 0.6) is 11.5 Å². The molecule has 3 aromatic carbocycles. The van der Waals surface area contributed by atoms with E-state index in [-0.39, 0.29) is 28.6 Å². The number of nitrogen functional groups attached to an aromatic ring is 2. The van der Waals surface area contributed by atoms with E-state index >= 15 is 0 Å². The quantitative estimate of drug-likeness (QED) is 0.177. The van der Waals surface area contributed by atoms with Crippen molar-refractivity contribution in [2.75, 3.05) is 31.4 Å². The molecule has 40 heavy (non-hydrogen) atoms. The molecule has 0 aliphatic carbocycles. The summed E-state index contributed by atoms with van der Waals surface area (Å²) in [5.74, 6) is 1.25. The van der Waals surface area contributed by atoms with Crippen molar-refractivity contribution in [3.05, 3.63) is 90.0 Å². The fourth-order valence-electron chi connectivity index (χ4n) is 4.38. The minimum atomic E-state index is -0.173. The van der Waals surface area contributed by atoms with Crippen LogP contribution in [0.1, 0.15) is 15.9 Å². The van der Waals surface area contributed by atoms with Gasteiger partial charge in [0.1, 0.15) is 28.4 Å². The molecule has 198 valence electrons. The van der Waals surface area contributed by atoms with Gasteiger partial charge in [-0.2, -0.15) is 5.26 Å². The topological polar surface area (TPSA) is 137 Å². The smallest absolute Gasteiger partial charge is 0.175 e. The molecular formula is C31H25N5O3S. The van der Waals surface area contributed by atoms with Gasteiger partial charge in [-0.05, 0) is 42.0 Å². The zero-order valence-electron chi connectivity index (χ0n) is 21.8. The maximum Gasteiger partial charge on any atom is 0.175 e. The Morgan fingerprint density at radius 2 is 1.60 bits per heavy atom. The maximum atomic E-state index is 13.7. The van der Waals surface area contributed by atoms with E-state index in [9.17, 15) is 10.1 Å². The van der Waals surface area contributed by atoms with Gasteiger partial charge in [0.2, 0.25) is 0 Å². The largest absolute Gasteiger partial charge is 0.497 e. The van der Waals surface area contributed by atoms with Crippen molar-refractivity contribution < 1.29 is 14.3 Å². The van der Waals surface area contributed by atoms with E-state index in [0.717, 1.165) is 28.2 Å². The van der Waals surface area contributed by atoms with Crippen LogP contribution in [-0.4, -0.2) is 35.7 Å². The lowest BCUT2D eigenvalue weighted by Crippen LogP contribution is -2.09. The van der Waals surface area contributed by atoms with Crippen molar-refractivity contribution in [1.29, 1.82) is 5.26 Å². The second-order valence-corrected chi connectivity index (χ2v) is 9.79. The average molecular weight is 548 g/mol. The fraction of sp³-hybridized carbons (Fsp3) is 0.0968. The van der Waals surface area contributed by atoms with Crippen molar-refractivity contribution in [3.8, 4) is 40.0 Å². The molecule has 0 aliphatic rings. The molecule has 0 radical (unpaired) electrons. The van der Waals surface area contributed by atoms with E-state index in [1.807, 2.05) is 54.6 Å². The van der Waals surface area contributed by atoms with Crippen LogP contribution in [0.2, 0.25) is 0 Å². The standard InChI is InChI=1S/C31H25N5O3S/c1-38-21-10-8-18(9-11-21)27-24(16-32)31(36-30(34)28(27)33)40-17-26(37)23-15-20-14-22(39-2)12-13-25(20)35-29(23)19-6-4-3-5-7-19/h3-15H,17,33H2,1-2H3,(H2,34,36). The number of benzene rings is 3. The molecule has 0 unspecified atom stereocenters. The first-order chi connectivity index (χ1) is 19.4. The number of nitrogens with two attached hydrogens (primary N) is 2. The van der Waals surface area contributed by atoms with Gasteiger partial charge in [0.15, 0.2) is 5.78 Å². The Morgan fingerprint density at radius 1 is 0.900 bits per heavy atom. The molecule has 0 saturated carbocycles. The molecule has 4 N–H and O–H groups in total. The third kappa shape index (κ3) is 5.13. The van der Waals surface area contributed by atoms with Gasteiger partial charge in [0.25, 0.3) is 0 Å². The highest BCUT2D eigenvalue weighted by atomic mass is 32.2. The Balaban J connectivity index is 1.54. The molecule has 8 nitrogen and oxygen atoms in total. The second kappa shape index (κ2) is 11.4. The number of nitriles is 1. The van der Waals surface area contributed by atoms with Crippen molar-refractivity contribution >= 4 is 40.0 Å². The van der Waals surface area contributed by atoms with Crippen LogP contribution in [0.3, 0.4) is 0 Å². The lowest BCUT2D eigenvalue weighted by molar-refractivity contribution is 0.102. The lowest BCUT2D eigenvalue weighted by atomic mass is 10.00. The van der Waals surface area contributed by atoms with Crippen molar-refractivity contribution in [2.24, 2.45) is 0 Å². The molecule has 9 heteroatoms. The number of anilines is 2. The van der Waals surface area contributed by atoms with Gasteiger partial charge >= 0.3 is 0 Å². The number of methoxy groups -OCH3 is 2. The molecular weight excluding hydrogens is 522 g/mol. The van der Waals surface area contributed by atoms with Gasteiger partial charge in [-0.1, -0.05) is 54.2 Å². The fourth-order valence-corrected chi connectivity index (χ4v) is 5.26. The van der Waals surface area contributed by atoms with Crippen LogP contribution in [0, 0.1) is 11.3 Å². The Bertz CT molecular complexity index is 1770. The predicted molar refractivity (Wildman–Crippen MR) is 159 cm³/mol. The third-order valence-electron chi connectivity index (χ3n) is 6.43. The summed E-state index contributed by atoms with van der Waals surface area (Å²) < 4.78 is 10.6. The van der Waals surface area contributed by atoms with Crippen LogP contribution in [0.25, 0.3) is 33.3 Å². The number of hydrogen-bond acceptors (Lipinski definition) is 9. The summed E-state index contributed by atoms with van der Waals surface area (Å²) in [6.45, 7) is 0. The number of thioether (sulfide) groups is 1. The monoisotopic (exact) mass is 547 g/mol. The van der Waals surface area contributed by atoms with Crippen LogP contribution in [0.4, 0.5) is 11.5 Å². The van der Waals surface area contributed by atoms with Crippen LogP contribution in [-0.2, 0) is 0 Å². The summed E-state index contributed by atoms with van der Waals surface area (Å²) in [5.41, 5.74) is 16.6. The van der Waals surface area contributed by atoms with E-state index in [1.165, 1.54) is 0 Å². The van der Waals surface area contributed by atoms with Gasteiger partial charge in [-0.25, -0.2) is 9.97 Å². The molecule has 5 aromatic rings.